The Kier molecular flexibility index (Phi) is 8.43. The van der Waals surface area contributed by atoms with Crippen LogP contribution in [-0.4, -0.2) is 82.1 Å². The molecule has 3 aromatic rings. The lowest BCUT2D eigenvalue weighted by atomic mass is 10.1. The Morgan fingerprint density at radius 1 is 0.950 bits per heavy atom. The zero-order valence-electron chi connectivity index (χ0n) is 24.2. The minimum Gasteiger partial charge on any atom is -0.370 e. The van der Waals surface area contributed by atoms with Crippen molar-refractivity contribution in [3.8, 4) is 0 Å². The van der Waals surface area contributed by atoms with Gasteiger partial charge in [0, 0.05) is 47.9 Å². The average Bonchev–Trinajstić information content (AvgIpc) is 3.53. The molecule has 0 unspecified atom stereocenters. The van der Waals surface area contributed by atoms with E-state index in [1.165, 1.54) is 82.0 Å². The molecule has 212 valence electrons. The van der Waals surface area contributed by atoms with E-state index in [-0.39, 0.29) is 0 Å². The number of quaternary nitrogens is 2. The second-order valence-corrected chi connectivity index (χ2v) is 13.9. The fraction of sp³-hybridized carbons (Fsp3) is 0.485. The van der Waals surface area contributed by atoms with Gasteiger partial charge < -0.3 is 18.6 Å². The van der Waals surface area contributed by atoms with Crippen LogP contribution in [0.15, 0.2) is 64.7 Å². The molecule has 3 aliphatic rings. The van der Waals surface area contributed by atoms with E-state index < -0.39 is 0 Å². The fourth-order valence-corrected chi connectivity index (χ4v) is 8.04. The van der Waals surface area contributed by atoms with Crippen LogP contribution in [0.25, 0.3) is 17.0 Å². The van der Waals surface area contributed by atoms with Gasteiger partial charge in [-0.15, -0.1) is 0 Å². The number of morpholine rings is 1. The molecule has 0 N–H and O–H groups in total. The third-order valence-corrected chi connectivity index (χ3v) is 10.7. The van der Waals surface area contributed by atoms with Crippen LogP contribution in [0.4, 0.5) is 5.69 Å². The van der Waals surface area contributed by atoms with Gasteiger partial charge in [-0.3, -0.25) is 0 Å². The molecule has 40 heavy (non-hydrogen) atoms. The second-order valence-electron chi connectivity index (χ2n) is 12.4. The third-order valence-electron chi connectivity index (χ3n) is 9.30. The molecule has 0 saturated carbocycles. The number of rotatable bonds is 9. The number of aromatic nitrogens is 1. The number of fused-ring (bicyclic) bond motifs is 2. The molecule has 5 nitrogen and oxygen atoms in total. The molecule has 2 fully saturated rings. The topological polar surface area (TPSA) is 16.4 Å². The molecule has 0 atom stereocenters. The lowest BCUT2D eigenvalue weighted by Crippen LogP contribution is -2.52. The summed E-state index contributed by atoms with van der Waals surface area (Å²) in [7, 11) is 4.81. The molecular weight excluding hydrogens is 536 g/mol. The summed E-state index contributed by atoms with van der Waals surface area (Å²) in [6.45, 7) is 11.1. The summed E-state index contributed by atoms with van der Waals surface area (Å²) in [5, 5.41) is 3.38. The van der Waals surface area contributed by atoms with E-state index in [1.807, 2.05) is 17.8 Å². The minimum atomic E-state index is 0.800. The van der Waals surface area contributed by atoms with Crippen LogP contribution in [0.2, 0.25) is 5.02 Å². The predicted molar refractivity (Wildman–Crippen MR) is 168 cm³/mol. The standard InChI is InChI=1S/C33H44ClN4OS/c1-37(17-5-6-18-37)19-7-14-35-16-13-27(29-12-11-28(34)26-31(29)35)25-33-36(30-9-3-4-10-32(30)40-33)15-8-20-38(2)21-23-39-24-22-38/h3-4,9-13,16,25-26H,5-8,14-15,17-24H2,1-2H3/q+3. The van der Waals surface area contributed by atoms with E-state index in [2.05, 4.69) is 78.3 Å². The summed E-state index contributed by atoms with van der Waals surface area (Å²) >= 11 is 8.43. The van der Waals surface area contributed by atoms with Gasteiger partial charge in [-0.25, -0.2) is 0 Å². The van der Waals surface area contributed by atoms with Crippen molar-refractivity contribution in [1.82, 2.24) is 0 Å². The highest BCUT2D eigenvalue weighted by Gasteiger charge is 2.29. The molecule has 4 heterocycles. The number of thioether (sulfide) groups is 1. The molecule has 7 heteroatoms. The number of benzene rings is 2. The number of likely N-dealkylation sites (tertiary alicyclic amines) is 1. The number of ether oxygens (including phenoxy) is 1. The Balaban J connectivity index is 1.24. The number of likely N-dealkylation sites (N-methyl/N-ethyl adjacent to an activating group) is 1. The van der Waals surface area contributed by atoms with E-state index in [0.717, 1.165) is 55.3 Å². The maximum absolute atomic E-state index is 6.54. The number of anilines is 1. The van der Waals surface area contributed by atoms with Crippen LogP contribution in [0.5, 0.6) is 0 Å². The summed E-state index contributed by atoms with van der Waals surface area (Å²) in [5.74, 6) is 0. The first-order valence-corrected chi connectivity index (χ1v) is 16.2. The fourth-order valence-electron chi connectivity index (χ4n) is 6.73. The van der Waals surface area contributed by atoms with Gasteiger partial charge in [-0.1, -0.05) is 35.5 Å². The monoisotopic (exact) mass is 579 g/mol. The highest BCUT2D eigenvalue weighted by Crippen LogP contribution is 2.46. The number of hydrogen-bond donors (Lipinski definition) is 0. The van der Waals surface area contributed by atoms with E-state index in [0.29, 0.717) is 0 Å². The van der Waals surface area contributed by atoms with Crippen LogP contribution < -0.4 is 9.47 Å². The molecule has 0 radical (unpaired) electrons. The summed E-state index contributed by atoms with van der Waals surface area (Å²) in [4.78, 5) is 3.88. The molecule has 0 amide bonds. The van der Waals surface area contributed by atoms with Crippen molar-refractivity contribution in [2.75, 3.05) is 78.0 Å². The van der Waals surface area contributed by atoms with Gasteiger partial charge in [0.1, 0.15) is 13.1 Å². The molecule has 1 aromatic heterocycles. The Labute approximate surface area is 249 Å². The minimum absolute atomic E-state index is 0.800. The van der Waals surface area contributed by atoms with E-state index in [9.17, 15) is 0 Å². The molecule has 0 bridgehead atoms. The number of aryl methyl sites for hydroxylation is 1. The van der Waals surface area contributed by atoms with Crippen molar-refractivity contribution in [2.24, 2.45) is 0 Å². The second kappa shape index (κ2) is 12.0. The largest absolute Gasteiger partial charge is 0.370 e. The maximum atomic E-state index is 6.54. The number of para-hydroxylation sites is 1. The molecule has 2 aromatic carbocycles. The molecule has 6 rings (SSSR count). The van der Waals surface area contributed by atoms with Crippen LogP contribution in [0.1, 0.15) is 31.2 Å². The Morgan fingerprint density at radius 2 is 1.70 bits per heavy atom. The Bertz CT molecular complexity index is 1380. The first kappa shape index (κ1) is 28.0. The Hall–Kier alpha value is -2.09. The highest BCUT2D eigenvalue weighted by molar-refractivity contribution is 8.03. The van der Waals surface area contributed by atoms with E-state index in [1.54, 1.807) is 0 Å². The van der Waals surface area contributed by atoms with Gasteiger partial charge in [-0.05, 0) is 35.9 Å². The van der Waals surface area contributed by atoms with Crippen molar-refractivity contribution in [3.05, 3.63) is 70.3 Å². The predicted octanol–water partition coefficient (Wildman–Crippen LogP) is 6.19. The average molecular weight is 580 g/mol. The summed E-state index contributed by atoms with van der Waals surface area (Å²) in [6.07, 6.45) is 9.76. The SMILES string of the molecule is C[N+]1(CCC[n+]2ccc(/C=C3\Sc4ccccc4N3CCC[N+]3(C)CCOCC3)c3ccc(Cl)cc32)CCCC1. The Morgan fingerprint density at radius 3 is 2.52 bits per heavy atom. The van der Waals surface area contributed by atoms with Crippen molar-refractivity contribution in [3.63, 3.8) is 0 Å². The van der Waals surface area contributed by atoms with Gasteiger partial charge in [-0.2, -0.15) is 4.57 Å². The van der Waals surface area contributed by atoms with Gasteiger partial charge in [0.25, 0.3) is 0 Å². The van der Waals surface area contributed by atoms with Crippen molar-refractivity contribution >= 4 is 46.0 Å². The van der Waals surface area contributed by atoms with Crippen molar-refractivity contribution in [2.45, 2.75) is 37.1 Å². The van der Waals surface area contributed by atoms with E-state index in [4.69, 9.17) is 16.3 Å². The first-order valence-electron chi connectivity index (χ1n) is 15.0. The van der Waals surface area contributed by atoms with Crippen molar-refractivity contribution < 1.29 is 18.3 Å². The quantitative estimate of drug-likeness (QED) is 0.222. The molecule has 2 saturated heterocycles. The van der Waals surface area contributed by atoms with Gasteiger partial charge in [0.15, 0.2) is 12.7 Å². The lowest BCUT2D eigenvalue weighted by molar-refractivity contribution is -0.916. The number of hydrogen-bond acceptors (Lipinski definition) is 3. The molecular formula is C33H44ClN4OS+3. The third kappa shape index (κ3) is 6.22. The van der Waals surface area contributed by atoms with Gasteiger partial charge in [0.05, 0.1) is 76.0 Å². The van der Waals surface area contributed by atoms with Crippen molar-refractivity contribution in [1.29, 1.82) is 0 Å². The van der Waals surface area contributed by atoms with Crippen LogP contribution in [0.3, 0.4) is 0 Å². The van der Waals surface area contributed by atoms with Gasteiger partial charge in [0.2, 0.25) is 5.52 Å². The van der Waals surface area contributed by atoms with Gasteiger partial charge >= 0.3 is 0 Å². The summed E-state index contributed by atoms with van der Waals surface area (Å²) in [5.41, 5.74) is 3.82. The van der Waals surface area contributed by atoms with E-state index >= 15 is 0 Å². The summed E-state index contributed by atoms with van der Waals surface area (Å²) < 4.78 is 10.4. The van der Waals surface area contributed by atoms with Crippen LogP contribution in [-0.2, 0) is 11.3 Å². The van der Waals surface area contributed by atoms with Crippen LogP contribution >= 0.6 is 23.4 Å². The number of halogens is 1. The summed E-state index contributed by atoms with van der Waals surface area (Å²) in [6, 6.07) is 17.5. The zero-order chi connectivity index (χ0) is 27.6. The number of nitrogens with zero attached hydrogens (tertiary/aromatic N) is 4. The highest BCUT2D eigenvalue weighted by atomic mass is 35.5. The molecule has 0 spiro atoms. The van der Waals surface area contributed by atoms with Crippen LogP contribution in [0, 0.1) is 0 Å². The number of pyridine rings is 1. The first-order chi connectivity index (χ1) is 19.4. The maximum Gasteiger partial charge on any atom is 0.214 e. The lowest BCUT2D eigenvalue weighted by Gasteiger charge is -2.38. The normalized spacial score (nSPS) is 20.9. The zero-order valence-corrected chi connectivity index (χ0v) is 25.7. The molecule has 3 aliphatic heterocycles. The molecule has 0 aliphatic carbocycles. The smallest absolute Gasteiger partial charge is 0.214 e.